The summed E-state index contributed by atoms with van der Waals surface area (Å²) in [6.07, 6.45) is 4.20. The van der Waals surface area contributed by atoms with E-state index in [1.54, 1.807) is 0 Å². The summed E-state index contributed by atoms with van der Waals surface area (Å²) < 4.78 is 0. The van der Waals surface area contributed by atoms with Crippen LogP contribution in [-0.4, -0.2) is 86.2 Å². The molecule has 4 heteroatoms. The number of nitrogens with zero attached hydrogens (tertiary/aromatic N) is 3. The summed E-state index contributed by atoms with van der Waals surface area (Å²) in [5.74, 6) is 0.891. The van der Waals surface area contributed by atoms with Crippen molar-refractivity contribution in [2.75, 3.05) is 65.4 Å². The molecule has 2 atom stereocenters. The Kier molecular flexibility index (Phi) is 5.32. The van der Waals surface area contributed by atoms with E-state index in [9.17, 15) is 0 Å². The van der Waals surface area contributed by atoms with E-state index in [1.807, 2.05) is 0 Å². The first kappa shape index (κ1) is 14.8. The lowest BCUT2D eigenvalue weighted by Gasteiger charge is -2.42. The lowest BCUT2D eigenvalue weighted by molar-refractivity contribution is 0.0742. The molecule has 20 heavy (non-hydrogen) atoms. The molecule has 0 bridgehead atoms. The number of likely N-dealkylation sites (tertiary alicyclic amines) is 1. The minimum absolute atomic E-state index is 0.801. The van der Waals surface area contributed by atoms with Gasteiger partial charge in [0.25, 0.3) is 0 Å². The van der Waals surface area contributed by atoms with Crippen LogP contribution < -0.4 is 5.32 Å². The van der Waals surface area contributed by atoms with Crippen molar-refractivity contribution >= 4 is 0 Å². The first-order valence-corrected chi connectivity index (χ1v) is 8.76. The first-order chi connectivity index (χ1) is 9.86. The molecule has 2 unspecified atom stereocenters. The third-order valence-electron chi connectivity index (χ3n) is 5.60. The van der Waals surface area contributed by atoms with Gasteiger partial charge < -0.3 is 15.1 Å². The van der Waals surface area contributed by atoms with Crippen molar-refractivity contribution < 1.29 is 0 Å². The summed E-state index contributed by atoms with van der Waals surface area (Å²) in [4.78, 5) is 8.07. The third-order valence-corrected chi connectivity index (χ3v) is 5.60. The summed E-state index contributed by atoms with van der Waals surface area (Å²) in [5.41, 5.74) is 0. The van der Waals surface area contributed by atoms with Gasteiger partial charge in [-0.2, -0.15) is 0 Å². The maximum Gasteiger partial charge on any atom is 0.0261 e. The van der Waals surface area contributed by atoms with Crippen molar-refractivity contribution in [2.45, 2.75) is 32.2 Å². The molecule has 0 aromatic carbocycles. The Labute approximate surface area is 124 Å². The molecule has 0 aliphatic carbocycles. The second-order valence-corrected chi connectivity index (χ2v) is 6.80. The molecule has 3 aliphatic heterocycles. The van der Waals surface area contributed by atoms with Crippen LogP contribution in [0.5, 0.6) is 0 Å². The third kappa shape index (κ3) is 3.53. The van der Waals surface area contributed by atoms with Gasteiger partial charge in [-0.3, -0.25) is 4.90 Å². The number of hydrogen-bond acceptors (Lipinski definition) is 4. The summed E-state index contributed by atoms with van der Waals surface area (Å²) in [6.45, 7) is 15.1. The molecule has 0 aromatic rings. The molecule has 0 radical (unpaired) electrons. The minimum Gasteiger partial charge on any atom is -0.315 e. The van der Waals surface area contributed by atoms with E-state index in [1.165, 1.54) is 84.7 Å². The lowest BCUT2D eigenvalue weighted by atomic mass is 9.90. The van der Waals surface area contributed by atoms with Crippen LogP contribution in [0.3, 0.4) is 0 Å². The Morgan fingerprint density at radius 1 is 0.950 bits per heavy atom. The predicted molar refractivity (Wildman–Crippen MR) is 84.1 cm³/mol. The first-order valence-electron chi connectivity index (χ1n) is 8.76. The Balaban J connectivity index is 1.51. The van der Waals surface area contributed by atoms with E-state index in [2.05, 4.69) is 26.9 Å². The molecule has 3 fully saturated rings. The molecule has 3 heterocycles. The molecule has 3 aliphatic rings. The summed E-state index contributed by atoms with van der Waals surface area (Å²) in [7, 11) is 0. The SMILES string of the molecule is CCN1CCN(CC2CCNCC2N2CCCC2)CC1. The van der Waals surface area contributed by atoms with Crippen LogP contribution in [0.25, 0.3) is 0 Å². The van der Waals surface area contributed by atoms with Crippen molar-refractivity contribution in [1.29, 1.82) is 0 Å². The average Bonchev–Trinajstić information content (AvgIpc) is 3.03. The van der Waals surface area contributed by atoms with Crippen LogP contribution in [0.4, 0.5) is 0 Å². The standard InChI is InChI=1S/C16H32N4/c1-2-18-9-11-19(12-10-18)14-15-5-6-17-13-16(15)20-7-3-4-8-20/h15-17H,2-14H2,1H3. The number of hydrogen-bond donors (Lipinski definition) is 1. The Hall–Kier alpha value is -0.160. The van der Waals surface area contributed by atoms with E-state index in [4.69, 9.17) is 0 Å². The average molecular weight is 280 g/mol. The molecule has 3 rings (SSSR count). The van der Waals surface area contributed by atoms with E-state index in [-0.39, 0.29) is 0 Å². The molecule has 0 amide bonds. The molecule has 4 nitrogen and oxygen atoms in total. The monoisotopic (exact) mass is 280 g/mol. The van der Waals surface area contributed by atoms with Crippen LogP contribution in [-0.2, 0) is 0 Å². The van der Waals surface area contributed by atoms with Gasteiger partial charge in [-0.05, 0) is 51.4 Å². The van der Waals surface area contributed by atoms with Gasteiger partial charge in [-0.25, -0.2) is 0 Å². The van der Waals surface area contributed by atoms with Crippen LogP contribution in [0.1, 0.15) is 26.2 Å². The molecule has 116 valence electrons. The van der Waals surface area contributed by atoms with E-state index >= 15 is 0 Å². The zero-order chi connectivity index (χ0) is 13.8. The zero-order valence-electron chi connectivity index (χ0n) is 13.2. The molecule has 0 aromatic heterocycles. The topological polar surface area (TPSA) is 21.8 Å². The van der Waals surface area contributed by atoms with Gasteiger partial charge >= 0.3 is 0 Å². The van der Waals surface area contributed by atoms with Crippen molar-refractivity contribution in [3.8, 4) is 0 Å². The van der Waals surface area contributed by atoms with Crippen molar-refractivity contribution in [3.63, 3.8) is 0 Å². The van der Waals surface area contributed by atoms with Gasteiger partial charge in [0.2, 0.25) is 0 Å². The highest BCUT2D eigenvalue weighted by Gasteiger charge is 2.32. The minimum atomic E-state index is 0.801. The molecular formula is C16H32N4. The van der Waals surface area contributed by atoms with Gasteiger partial charge in [0.15, 0.2) is 0 Å². The maximum absolute atomic E-state index is 3.63. The summed E-state index contributed by atoms with van der Waals surface area (Å²) in [6, 6.07) is 0.801. The fourth-order valence-electron chi connectivity index (χ4n) is 4.23. The second-order valence-electron chi connectivity index (χ2n) is 6.80. The lowest BCUT2D eigenvalue weighted by Crippen LogP contribution is -2.55. The molecule has 0 spiro atoms. The van der Waals surface area contributed by atoms with Crippen molar-refractivity contribution in [2.24, 2.45) is 5.92 Å². The largest absolute Gasteiger partial charge is 0.315 e. The van der Waals surface area contributed by atoms with Gasteiger partial charge in [0.05, 0.1) is 0 Å². The predicted octanol–water partition coefficient (Wildman–Crippen LogP) is 0.698. The highest BCUT2D eigenvalue weighted by Crippen LogP contribution is 2.23. The number of likely N-dealkylation sites (N-methyl/N-ethyl adjacent to an activating group) is 1. The number of nitrogens with one attached hydrogen (secondary N) is 1. The normalized spacial score (nSPS) is 34.6. The second kappa shape index (κ2) is 7.21. The fourth-order valence-corrected chi connectivity index (χ4v) is 4.23. The van der Waals surface area contributed by atoms with Gasteiger partial charge in [-0.15, -0.1) is 0 Å². The Morgan fingerprint density at radius 3 is 2.35 bits per heavy atom. The van der Waals surface area contributed by atoms with Crippen LogP contribution in [0, 0.1) is 5.92 Å². The number of rotatable bonds is 4. The molecule has 0 saturated carbocycles. The van der Waals surface area contributed by atoms with Crippen LogP contribution >= 0.6 is 0 Å². The van der Waals surface area contributed by atoms with Crippen LogP contribution in [0.2, 0.25) is 0 Å². The quantitative estimate of drug-likeness (QED) is 0.818. The molecular weight excluding hydrogens is 248 g/mol. The number of piperazine rings is 1. The Morgan fingerprint density at radius 2 is 1.65 bits per heavy atom. The highest BCUT2D eigenvalue weighted by molar-refractivity contribution is 4.90. The van der Waals surface area contributed by atoms with E-state index in [0.717, 1.165) is 12.0 Å². The smallest absolute Gasteiger partial charge is 0.0261 e. The Bertz CT molecular complexity index is 282. The molecule has 3 saturated heterocycles. The van der Waals surface area contributed by atoms with Crippen molar-refractivity contribution in [3.05, 3.63) is 0 Å². The zero-order valence-corrected chi connectivity index (χ0v) is 13.2. The fraction of sp³-hybridized carbons (Fsp3) is 1.00. The number of piperidine rings is 1. The highest BCUT2D eigenvalue weighted by atomic mass is 15.3. The summed E-state index contributed by atoms with van der Waals surface area (Å²) in [5, 5.41) is 3.63. The molecule has 1 N–H and O–H groups in total. The van der Waals surface area contributed by atoms with Gasteiger partial charge in [-0.1, -0.05) is 6.92 Å². The van der Waals surface area contributed by atoms with Crippen LogP contribution in [0.15, 0.2) is 0 Å². The maximum atomic E-state index is 3.63. The van der Waals surface area contributed by atoms with Crippen molar-refractivity contribution in [1.82, 2.24) is 20.0 Å². The van der Waals surface area contributed by atoms with Gasteiger partial charge in [0.1, 0.15) is 0 Å². The van der Waals surface area contributed by atoms with E-state index in [0.29, 0.717) is 0 Å². The van der Waals surface area contributed by atoms with Gasteiger partial charge in [0, 0.05) is 45.3 Å². The summed E-state index contributed by atoms with van der Waals surface area (Å²) >= 11 is 0. The van der Waals surface area contributed by atoms with E-state index < -0.39 is 0 Å².